The highest BCUT2D eigenvalue weighted by atomic mass is 16.5. The molecule has 0 aliphatic carbocycles. The number of amides is 1. The lowest BCUT2D eigenvalue weighted by molar-refractivity contribution is -0.128. The first-order valence-corrected chi connectivity index (χ1v) is 6.21. The van der Waals surface area contributed by atoms with Gasteiger partial charge < -0.3 is 9.64 Å². The fourth-order valence-corrected chi connectivity index (χ4v) is 2.10. The molecule has 0 saturated carbocycles. The van der Waals surface area contributed by atoms with Gasteiger partial charge in [0.05, 0.1) is 6.10 Å². The molecule has 1 amide bonds. The number of pyridine rings is 1. The van der Waals surface area contributed by atoms with Crippen LogP contribution in [-0.2, 0) is 16.1 Å². The predicted molar refractivity (Wildman–Crippen MR) is 68.8 cm³/mol. The van der Waals surface area contributed by atoms with E-state index in [2.05, 4.69) is 11.6 Å². The van der Waals surface area contributed by atoms with Crippen molar-refractivity contribution in [2.75, 3.05) is 13.2 Å². The van der Waals surface area contributed by atoms with Gasteiger partial charge in [-0.1, -0.05) is 6.58 Å². The molecule has 1 aliphatic rings. The molecule has 2 heterocycles. The number of carbonyl (C=O) groups excluding carboxylic acids is 1. The molecule has 1 saturated heterocycles. The number of aromatic nitrogens is 1. The summed E-state index contributed by atoms with van der Waals surface area (Å²) < 4.78 is 5.58. The number of hydrogen-bond acceptors (Lipinski definition) is 3. The summed E-state index contributed by atoms with van der Waals surface area (Å²) in [6, 6.07) is 3.83. The topological polar surface area (TPSA) is 42.4 Å². The summed E-state index contributed by atoms with van der Waals surface area (Å²) in [5, 5.41) is 0. The van der Waals surface area contributed by atoms with Gasteiger partial charge in [0.25, 0.3) is 0 Å². The van der Waals surface area contributed by atoms with Crippen LogP contribution >= 0.6 is 0 Å². The molecule has 0 bridgehead atoms. The van der Waals surface area contributed by atoms with E-state index in [0.717, 1.165) is 25.0 Å². The van der Waals surface area contributed by atoms with Gasteiger partial charge in [-0.2, -0.15) is 0 Å². The van der Waals surface area contributed by atoms with E-state index in [1.54, 1.807) is 17.3 Å². The largest absolute Gasteiger partial charge is 0.376 e. The van der Waals surface area contributed by atoms with E-state index in [1.807, 2.05) is 12.1 Å². The second-order valence-corrected chi connectivity index (χ2v) is 4.41. The SMILES string of the molecule is C=CC(=O)N(Cc1ccncc1)C[C@@H]1CCCO1. The second kappa shape index (κ2) is 6.31. The minimum Gasteiger partial charge on any atom is -0.376 e. The van der Waals surface area contributed by atoms with Gasteiger partial charge in [0.2, 0.25) is 5.91 Å². The summed E-state index contributed by atoms with van der Waals surface area (Å²) in [5.74, 6) is -0.0534. The first-order valence-electron chi connectivity index (χ1n) is 6.21. The van der Waals surface area contributed by atoms with Crippen LogP contribution < -0.4 is 0 Å². The molecule has 1 aliphatic heterocycles. The van der Waals surface area contributed by atoms with Crippen LogP contribution in [-0.4, -0.2) is 35.0 Å². The van der Waals surface area contributed by atoms with E-state index >= 15 is 0 Å². The normalized spacial score (nSPS) is 18.6. The van der Waals surface area contributed by atoms with Gasteiger partial charge in [-0.3, -0.25) is 9.78 Å². The summed E-state index contributed by atoms with van der Waals surface area (Å²) in [6.45, 7) is 5.56. The average Bonchev–Trinajstić information content (AvgIpc) is 2.91. The Kier molecular flexibility index (Phi) is 4.47. The average molecular weight is 246 g/mol. The van der Waals surface area contributed by atoms with Crippen LogP contribution in [0.3, 0.4) is 0 Å². The monoisotopic (exact) mass is 246 g/mol. The van der Waals surface area contributed by atoms with Crippen LogP contribution in [0.2, 0.25) is 0 Å². The standard InChI is InChI=1S/C14H18N2O2/c1-2-14(17)16(11-13-4-3-9-18-13)10-12-5-7-15-8-6-12/h2,5-8,13H,1,3-4,9-11H2/t13-/m0/s1. The lowest BCUT2D eigenvalue weighted by atomic mass is 10.2. The maximum Gasteiger partial charge on any atom is 0.246 e. The van der Waals surface area contributed by atoms with Crippen molar-refractivity contribution in [3.63, 3.8) is 0 Å². The number of nitrogens with zero attached hydrogens (tertiary/aromatic N) is 2. The van der Waals surface area contributed by atoms with Crippen LogP contribution in [0, 0.1) is 0 Å². The lowest BCUT2D eigenvalue weighted by Gasteiger charge is -2.24. The molecule has 0 spiro atoms. The highest BCUT2D eigenvalue weighted by molar-refractivity contribution is 5.87. The summed E-state index contributed by atoms with van der Waals surface area (Å²) in [5.41, 5.74) is 1.07. The summed E-state index contributed by atoms with van der Waals surface area (Å²) >= 11 is 0. The number of hydrogen-bond donors (Lipinski definition) is 0. The van der Waals surface area contributed by atoms with E-state index in [4.69, 9.17) is 4.74 Å². The fraction of sp³-hybridized carbons (Fsp3) is 0.429. The van der Waals surface area contributed by atoms with Gasteiger partial charge in [-0.15, -0.1) is 0 Å². The van der Waals surface area contributed by atoms with Crippen molar-refractivity contribution in [2.24, 2.45) is 0 Å². The minimum absolute atomic E-state index is 0.0534. The second-order valence-electron chi connectivity index (χ2n) is 4.41. The Labute approximate surface area is 107 Å². The molecule has 0 aromatic carbocycles. The molecular weight excluding hydrogens is 228 g/mol. The molecule has 4 heteroatoms. The zero-order valence-electron chi connectivity index (χ0n) is 10.4. The first kappa shape index (κ1) is 12.8. The van der Waals surface area contributed by atoms with Gasteiger partial charge in [0.15, 0.2) is 0 Å². The first-order chi connectivity index (χ1) is 8.79. The smallest absolute Gasteiger partial charge is 0.246 e. The highest BCUT2D eigenvalue weighted by Crippen LogP contribution is 2.15. The van der Waals surface area contributed by atoms with Gasteiger partial charge in [-0.25, -0.2) is 0 Å². The summed E-state index contributed by atoms with van der Waals surface area (Å²) in [6.07, 6.45) is 7.09. The highest BCUT2D eigenvalue weighted by Gasteiger charge is 2.21. The predicted octanol–water partition coefficient (Wildman–Crippen LogP) is 1.78. The summed E-state index contributed by atoms with van der Waals surface area (Å²) in [4.78, 5) is 17.6. The van der Waals surface area contributed by atoms with Crippen LogP contribution in [0.25, 0.3) is 0 Å². The lowest BCUT2D eigenvalue weighted by Crippen LogP contribution is -2.35. The van der Waals surface area contributed by atoms with E-state index in [-0.39, 0.29) is 12.0 Å². The molecular formula is C14H18N2O2. The molecule has 2 rings (SSSR count). The molecule has 4 nitrogen and oxygen atoms in total. The van der Waals surface area contributed by atoms with Crippen LogP contribution in [0.5, 0.6) is 0 Å². The van der Waals surface area contributed by atoms with Gasteiger partial charge >= 0.3 is 0 Å². The Bertz CT molecular complexity index is 400. The fourth-order valence-electron chi connectivity index (χ4n) is 2.10. The van der Waals surface area contributed by atoms with Gasteiger partial charge in [0.1, 0.15) is 0 Å². The number of rotatable bonds is 5. The Balaban J connectivity index is 2.00. The van der Waals surface area contributed by atoms with Gasteiger partial charge in [-0.05, 0) is 36.6 Å². The van der Waals surface area contributed by atoms with E-state index in [1.165, 1.54) is 6.08 Å². The summed E-state index contributed by atoms with van der Waals surface area (Å²) in [7, 11) is 0. The molecule has 18 heavy (non-hydrogen) atoms. The van der Waals surface area contributed by atoms with Crippen molar-refractivity contribution < 1.29 is 9.53 Å². The van der Waals surface area contributed by atoms with E-state index < -0.39 is 0 Å². The van der Waals surface area contributed by atoms with Crippen molar-refractivity contribution in [2.45, 2.75) is 25.5 Å². The molecule has 1 aromatic rings. The Morgan fingerprint density at radius 1 is 1.56 bits per heavy atom. The number of carbonyl (C=O) groups is 1. The zero-order chi connectivity index (χ0) is 12.8. The van der Waals surface area contributed by atoms with E-state index in [9.17, 15) is 4.79 Å². The van der Waals surface area contributed by atoms with Crippen molar-refractivity contribution in [1.82, 2.24) is 9.88 Å². The minimum atomic E-state index is -0.0534. The third kappa shape index (κ3) is 3.40. The third-order valence-electron chi connectivity index (χ3n) is 3.06. The van der Waals surface area contributed by atoms with Crippen LogP contribution in [0.15, 0.2) is 37.2 Å². The third-order valence-corrected chi connectivity index (χ3v) is 3.06. The van der Waals surface area contributed by atoms with Crippen molar-refractivity contribution >= 4 is 5.91 Å². The molecule has 1 aromatic heterocycles. The van der Waals surface area contributed by atoms with Crippen molar-refractivity contribution in [3.8, 4) is 0 Å². The molecule has 0 N–H and O–H groups in total. The maximum absolute atomic E-state index is 11.8. The molecule has 1 atom stereocenters. The Morgan fingerprint density at radius 2 is 2.33 bits per heavy atom. The molecule has 0 radical (unpaired) electrons. The number of ether oxygens (including phenoxy) is 1. The quantitative estimate of drug-likeness (QED) is 0.744. The molecule has 0 unspecified atom stereocenters. The maximum atomic E-state index is 11.8. The van der Waals surface area contributed by atoms with Gasteiger partial charge in [0, 0.05) is 32.1 Å². The van der Waals surface area contributed by atoms with Crippen molar-refractivity contribution in [1.29, 1.82) is 0 Å². The molecule has 1 fully saturated rings. The Hall–Kier alpha value is -1.68. The Morgan fingerprint density at radius 3 is 2.94 bits per heavy atom. The van der Waals surface area contributed by atoms with Crippen LogP contribution in [0.1, 0.15) is 18.4 Å². The molecule has 96 valence electrons. The van der Waals surface area contributed by atoms with E-state index in [0.29, 0.717) is 13.1 Å². The zero-order valence-corrected chi connectivity index (χ0v) is 10.4. The van der Waals surface area contributed by atoms with Crippen molar-refractivity contribution in [3.05, 3.63) is 42.7 Å². The van der Waals surface area contributed by atoms with Crippen LogP contribution in [0.4, 0.5) is 0 Å².